The standard InChI is InChI=1S/C26H24N6O/c1-26(28)12-14-31(15-13-26)25(33)21-8-6-19(7-9-21)22-10-11-24-29-17-23(32(24)30-22)20-4-2-18(16-27)3-5-20/h2-11,17H,12-15,28H2,1H3. The lowest BCUT2D eigenvalue weighted by Gasteiger charge is -2.36. The summed E-state index contributed by atoms with van der Waals surface area (Å²) in [6.07, 6.45) is 3.40. The zero-order valence-electron chi connectivity index (χ0n) is 18.4. The molecule has 7 heteroatoms. The zero-order chi connectivity index (χ0) is 23.0. The fourth-order valence-corrected chi connectivity index (χ4v) is 4.13. The summed E-state index contributed by atoms with van der Waals surface area (Å²) in [5, 5.41) is 13.8. The number of nitrogens with two attached hydrogens (primary N) is 1. The number of rotatable bonds is 3. The first-order chi connectivity index (χ1) is 15.9. The van der Waals surface area contributed by atoms with Gasteiger partial charge >= 0.3 is 0 Å². The maximum absolute atomic E-state index is 12.9. The fraction of sp³-hybridized carbons (Fsp3) is 0.231. The molecule has 3 heterocycles. The minimum atomic E-state index is -0.186. The lowest BCUT2D eigenvalue weighted by Crippen LogP contribution is -2.49. The van der Waals surface area contributed by atoms with Crippen molar-refractivity contribution in [3.05, 3.63) is 78.0 Å². The quantitative estimate of drug-likeness (QED) is 0.525. The number of likely N-dealkylation sites (tertiary alicyclic amines) is 1. The van der Waals surface area contributed by atoms with Gasteiger partial charge in [0.1, 0.15) is 0 Å². The Morgan fingerprint density at radius 3 is 2.33 bits per heavy atom. The summed E-state index contributed by atoms with van der Waals surface area (Å²) >= 11 is 0. The molecule has 0 radical (unpaired) electrons. The van der Waals surface area contributed by atoms with Crippen molar-refractivity contribution in [3.8, 4) is 28.6 Å². The van der Waals surface area contributed by atoms with Crippen LogP contribution in [0.5, 0.6) is 0 Å². The third-order valence-corrected chi connectivity index (χ3v) is 6.29. The highest BCUT2D eigenvalue weighted by atomic mass is 16.2. The topological polar surface area (TPSA) is 100 Å². The zero-order valence-corrected chi connectivity index (χ0v) is 18.4. The van der Waals surface area contributed by atoms with Gasteiger partial charge in [-0.25, -0.2) is 9.50 Å². The molecule has 2 N–H and O–H groups in total. The lowest BCUT2D eigenvalue weighted by molar-refractivity contribution is 0.0681. The van der Waals surface area contributed by atoms with Crippen molar-refractivity contribution in [3.63, 3.8) is 0 Å². The van der Waals surface area contributed by atoms with Crippen molar-refractivity contribution in [2.24, 2.45) is 5.73 Å². The van der Waals surface area contributed by atoms with Crippen LogP contribution in [0.25, 0.3) is 28.2 Å². The van der Waals surface area contributed by atoms with Gasteiger partial charge in [0.05, 0.1) is 29.2 Å². The number of nitriles is 1. The van der Waals surface area contributed by atoms with E-state index in [1.54, 1.807) is 22.8 Å². The molecule has 33 heavy (non-hydrogen) atoms. The molecule has 0 bridgehead atoms. The van der Waals surface area contributed by atoms with Crippen molar-refractivity contribution < 1.29 is 4.79 Å². The number of hydrogen-bond acceptors (Lipinski definition) is 5. The summed E-state index contributed by atoms with van der Waals surface area (Å²) in [4.78, 5) is 19.2. The molecule has 0 spiro atoms. The normalized spacial score (nSPS) is 15.4. The van der Waals surface area contributed by atoms with Gasteiger partial charge in [0.25, 0.3) is 5.91 Å². The molecule has 5 rings (SSSR count). The molecule has 2 aromatic heterocycles. The van der Waals surface area contributed by atoms with E-state index >= 15 is 0 Å². The van der Waals surface area contributed by atoms with Crippen molar-refractivity contribution in [2.45, 2.75) is 25.3 Å². The average Bonchev–Trinajstić information content (AvgIpc) is 3.27. The van der Waals surface area contributed by atoms with Crippen LogP contribution in [0.4, 0.5) is 0 Å². The van der Waals surface area contributed by atoms with Gasteiger partial charge in [0.2, 0.25) is 0 Å². The minimum absolute atomic E-state index is 0.0400. The molecule has 1 amide bonds. The predicted octanol–water partition coefficient (Wildman–Crippen LogP) is 3.89. The first-order valence-corrected chi connectivity index (χ1v) is 11.0. The molecule has 0 unspecified atom stereocenters. The van der Waals surface area contributed by atoms with Crippen LogP contribution in [0.3, 0.4) is 0 Å². The van der Waals surface area contributed by atoms with E-state index in [-0.39, 0.29) is 11.4 Å². The smallest absolute Gasteiger partial charge is 0.253 e. The fourth-order valence-electron chi connectivity index (χ4n) is 4.13. The molecule has 1 aliphatic heterocycles. The second kappa shape index (κ2) is 8.15. The SMILES string of the molecule is CC1(N)CCN(C(=O)c2ccc(-c3ccc4ncc(-c5ccc(C#N)cc5)n4n3)cc2)CC1. The van der Waals surface area contributed by atoms with Gasteiger partial charge in [-0.2, -0.15) is 10.4 Å². The molecular weight excluding hydrogens is 412 g/mol. The number of fused-ring (bicyclic) bond motifs is 1. The minimum Gasteiger partial charge on any atom is -0.339 e. The molecular formula is C26H24N6O. The number of carbonyl (C=O) groups excluding carboxylic acids is 1. The van der Waals surface area contributed by atoms with E-state index in [0.29, 0.717) is 24.2 Å². The molecule has 2 aromatic carbocycles. The number of amides is 1. The summed E-state index contributed by atoms with van der Waals surface area (Å²) in [6.45, 7) is 3.41. The van der Waals surface area contributed by atoms with Gasteiger partial charge in [-0.05, 0) is 56.2 Å². The van der Waals surface area contributed by atoms with Crippen LogP contribution >= 0.6 is 0 Å². The van der Waals surface area contributed by atoms with E-state index in [9.17, 15) is 4.79 Å². The Morgan fingerprint density at radius 1 is 1.00 bits per heavy atom. The second-order valence-electron chi connectivity index (χ2n) is 8.84. The summed E-state index contributed by atoms with van der Waals surface area (Å²) in [6, 6.07) is 20.9. The van der Waals surface area contributed by atoms with Crippen molar-refractivity contribution >= 4 is 11.6 Å². The van der Waals surface area contributed by atoms with Crippen LogP contribution < -0.4 is 5.73 Å². The molecule has 1 aliphatic rings. The Bertz CT molecular complexity index is 1350. The van der Waals surface area contributed by atoms with Crippen LogP contribution in [0.2, 0.25) is 0 Å². The van der Waals surface area contributed by atoms with Gasteiger partial charge in [-0.15, -0.1) is 0 Å². The third-order valence-electron chi connectivity index (χ3n) is 6.29. The largest absolute Gasteiger partial charge is 0.339 e. The van der Waals surface area contributed by atoms with Crippen molar-refractivity contribution in [1.82, 2.24) is 19.5 Å². The average molecular weight is 437 g/mol. The Morgan fingerprint density at radius 2 is 1.67 bits per heavy atom. The second-order valence-corrected chi connectivity index (χ2v) is 8.84. The summed E-state index contributed by atoms with van der Waals surface area (Å²) in [5.74, 6) is 0.0400. The number of imidazole rings is 1. The van der Waals surface area contributed by atoms with E-state index in [1.807, 2.05) is 60.4 Å². The number of aromatic nitrogens is 3. The van der Waals surface area contributed by atoms with Gasteiger partial charge in [-0.3, -0.25) is 4.79 Å². The van der Waals surface area contributed by atoms with Gasteiger partial charge in [-0.1, -0.05) is 24.3 Å². The molecule has 0 saturated carbocycles. The number of piperidine rings is 1. The van der Waals surface area contributed by atoms with Crippen molar-refractivity contribution in [2.75, 3.05) is 13.1 Å². The molecule has 0 aliphatic carbocycles. The highest BCUT2D eigenvalue weighted by molar-refractivity contribution is 5.94. The van der Waals surface area contributed by atoms with Crippen LogP contribution in [-0.2, 0) is 0 Å². The Kier molecular flexibility index (Phi) is 5.15. The number of benzene rings is 2. The van der Waals surface area contributed by atoms with Crippen LogP contribution in [-0.4, -0.2) is 44.0 Å². The van der Waals surface area contributed by atoms with E-state index in [2.05, 4.69) is 11.1 Å². The Hall–Kier alpha value is -4.02. The van der Waals surface area contributed by atoms with E-state index < -0.39 is 0 Å². The number of nitrogens with zero attached hydrogens (tertiary/aromatic N) is 5. The maximum atomic E-state index is 12.9. The Labute approximate surface area is 192 Å². The molecule has 0 atom stereocenters. The van der Waals surface area contributed by atoms with Crippen LogP contribution in [0.1, 0.15) is 35.7 Å². The molecule has 7 nitrogen and oxygen atoms in total. The highest BCUT2D eigenvalue weighted by Crippen LogP contribution is 2.25. The summed E-state index contributed by atoms with van der Waals surface area (Å²) in [7, 11) is 0. The predicted molar refractivity (Wildman–Crippen MR) is 126 cm³/mol. The first-order valence-electron chi connectivity index (χ1n) is 11.0. The summed E-state index contributed by atoms with van der Waals surface area (Å²) < 4.78 is 1.80. The van der Waals surface area contributed by atoms with Gasteiger partial charge < -0.3 is 10.6 Å². The van der Waals surface area contributed by atoms with Crippen LogP contribution in [0.15, 0.2) is 66.9 Å². The van der Waals surface area contributed by atoms with Crippen molar-refractivity contribution in [1.29, 1.82) is 5.26 Å². The highest BCUT2D eigenvalue weighted by Gasteiger charge is 2.28. The molecule has 1 saturated heterocycles. The first kappa shape index (κ1) is 20.9. The van der Waals surface area contributed by atoms with Gasteiger partial charge in [0, 0.05) is 35.3 Å². The number of hydrogen-bond donors (Lipinski definition) is 1. The third kappa shape index (κ3) is 4.09. The lowest BCUT2D eigenvalue weighted by atomic mass is 9.91. The molecule has 164 valence electrons. The number of carbonyl (C=O) groups is 1. The summed E-state index contributed by atoms with van der Waals surface area (Å²) in [5.41, 5.74) is 11.5. The van der Waals surface area contributed by atoms with Crippen LogP contribution in [0, 0.1) is 11.3 Å². The van der Waals surface area contributed by atoms with Gasteiger partial charge in [0.15, 0.2) is 5.65 Å². The molecule has 4 aromatic rings. The van der Waals surface area contributed by atoms with E-state index in [4.69, 9.17) is 16.1 Å². The van der Waals surface area contributed by atoms with E-state index in [1.165, 1.54) is 0 Å². The Balaban J connectivity index is 1.40. The maximum Gasteiger partial charge on any atom is 0.253 e. The molecule has 1 fully saturated rings. The van der Waals surface area contributed by atoms with E-state index in [0.717, 1.165) is 41.0 Å². The monoisotopic (exact) mass is 436 g/mol.